The van der Waals surface area contributed by atoms with Crippen molar-refractivity contribution in [1.29, 1.82) is 0 Å². The number of nitrogens with zero attached hydrogens (tertiary/aromatic N) is 4. The van der Waals surface area contributed by atoms with Crippen molar-refractivity contribution >= 4 is 5.91 Å². The average molecular weight is 362 g/mol. The molecule has 138 valence electrons. The zero-order valence-electron chi connectivity index (χ0n) is 15.3. The summed E-state index contributed by atoms with van der Waals surface area (Å²) in [5.74, 6) is 0.549. The second-order valence-corrected chi connectivity index (χ2v) is 6.78. The molecule has 1 aliphatic rings. The van der Waals surface area contributed by atoms with Gasteiger partial charge in [0.25, 0.3) is 5.91 Å². The fourth-order valence-electron chi connectivity index (χ4n) is 3.30. The Hall–Kier alpha value is -3.15. The van der Waals surface area contributed by atoms with Gasteiger partial charge in [0, 0.05) is 36.3 Å². The second kappa shape index (κ2) is 7.61. The number of carbonyl (C=O) groups excluding carboxylic acids is 1. The topological polar surface area (TPSA) is 60.2 Å². The fourth-order valence-corrected chi connectivity index (χ4v) is 3.30. The van der Waals surface area contributed by atoms with E-state index < -0.39 is 0 Å². The Kier molecular flexibility index (Phi) is 4.87. The highest BCUT2D eigenvalue weighted by Gasteiger charge is 2.26. The minimum atomic E-state index is -0.0566. The predicted molar refractivity (Wildman–Crippen MR) is 102 cm³/mol. The first kappa shape index (κ1) is 17.3. The standard InChI is InChI=1S/C21H22N4O2/c1-16-6-11-20(23-22-16)27-19-5-4-14-25(15-19)21(26)17-7-9-18(10-8-17)24-12-2-3-13-24/h2-3,6-13,19H,4-5,14-15H2,1H3. The lowest BCUT2D eigenvalue weighted by molar-refractivity contribution is 0.0525. The number of piperidine rings is 1. The average Bonchev–Trinajstić information content (AvgIpc) is 3.24. The van der Waals surface area contributed by atoms with Gasteiger partial charge in [0.15, 0.2) is 0 Å². The van der Waals surface area contributed by atoms with Crippen molar-refractivity contribution in [3.05, 3.63) is 72.2 Å². The van der Waals surface area contributed by atoms with Crippen molar-refractivity contribution in [2.75, 3.05) is 13.1 Å². The summed E-state index contributed by atoms with van der Waals surface area (Å²) in [5, 5.41) is 8.07. The van der Waals surface area contributed by atoms with Crippen LogP contribution in [0, 0.1) is 6.92 Å². The molecule has 1 aliphatic heterocycles. The first-order valence-corrected chi connectivity index (χ1v) is 9.19. The molecule has 0 aliphatic carbocycles. The van der Waals surface area contributed by atoms with Crippen LogP contribution in [0.15, 0.2) is 60.9 Å². The van der Waals surface area contributed by atoms with Gasteiger partial charge in [0.2, 0.25) is 5.88 Å². The molecule has 4 rings (SSSR count). The Balaban J connectivity index is 1.41. The molecule has 0 spiro atoms. The van der Waals surface area contributed by atoms with Crippen LogP contribution in [0.3, 0.4) is 0 Å². The van der Waals surface area contributed by atoms with Crippen molar-refractivity contribution in [3.8, 4) is 11.6 Å². The maximum atomic E-state index is 12.9. The van der Waals surface area contributed by atoms with Crippen molar-refractivity contribution in [2.24, 2.45) is 0 Å². The van der Waals surface area contributed by atoms with Crippen LogP contribution in [0.25, 0.3) is 5.69 Å². The number of hydrogen-bond donors (Lipinski definition) is 0. The minimum absolute atomic E-state index is 0.0392. The van der Waals surface area contributed by atoms with E-state index in [0.717, 1.165) is 30.8 Å². The van der Waals surface area contributed by atoms with Crippen LogP contribution >= 0.6 is 0 Å². The Morgan fingerprint density at radius 1 is 1.07 bits per heavy atom. The SMILES string of the molecule is Cc1ccc(OC2CCCN(C(=O)c3ccc(-n4cccc4)cc3)C2)nn1. The quantitative estimate of drug-likeness (QED) is 0.715. The summed E-state index contributed by atoms with van der Waals surface area (Å²) in [6.07, 6.45) is 5.73. The summed E-state index contributed by atoms with van der Waals surface area (Å²) >= 11 is 0. The van der Waals surface area contributed by atoms with Gasteiger partial charge in [-0.05, 0) is 62.2 Å². The molecule has 1 unspecified atom stereocenters. The van der Waals surface area contributed by atoms with Gasteiger partial charge in [0.1, 0.15) is 6.10 Å². The lowest BCUT2D eigenvalue weighted by Gasteiger charge is -2.32. The van der Waals surface area contributed by atoms with E-state index in [1.54, 1.807) is 0 Å². The Morgan fingerprint density at radius 3 is 2.56 bits per heavy atom. The molecule has 2 aromatic heterocycles. The highest BCUT2D eigenvalue weighted by molar-refractivity contribution is 5.94. The lowest BCUT2D eigenvalue weighted by atomic mass is 10.1. The summed E-state index contributed by atoms with van der Waals surface area (Å²) in [4.78, 5) is 14.7. The molecule has 1 amide bonds. The van der Waals surface area contributed by atoms with Gasteiger partial charge < -0.3 is 14.2 Å². The monoisotopic (exact) mass is 362 g/mol. The first-order valence-electron chi connectivity index (χ1n) is 9.19. The molecular weight excluding hydrogens is 340 g/mol. The van der Waals surface area contributed by atoms with Crippen LogP contribution in [0.5, 0.6) is 5.88 Å². The number of amides is 1. The van der Waals surface area contributed by atoms with E-state index in [1.165, 1.54) is 0 Å². The van der Waals surface area contributed by atoms with Crippen molar-refractivity contribution in [3.63, 3.8) is 0 Å². The molecule has 1 saturated heterocycles. The highest BCUT2D eigenvalue weighted by Crippen LogP contribution is 2.19. The molecule has 3 aromatic rings. The van der Waals surface area contributed by atoms with Crippen molar-refractivity contribution < 1.29 is 9.53 Å². The van der Waals surface area contributed by atoms with E-state index in [4.69, 9.17) is 4.74 Å². The second-order valence-electron chi connectivity index (χ2n) is 6.78. The van der Waals surface area contributed by atoms with E-state index in [1.807, 2.05) is 77.3 Å². The van der Waals surface area contributed by atoms with E-state index in [0.29, 0.717) is 18.0 Å². The third-order valence-electron chi connectivity index (χ3n) is 4.74. The van der Waals surface area contributed by atoms with Gasteiger partial charge >= 0.3 is 0 Å². The molecule has 3 heterocycles. The van der Waals surface area contributed by atoms with E-state index >= 15 is 0 Å². The zero-order chi connectivity index (χ0) is 18.6. The molecule has 27 heavy (non-hydrogen) atoms. The van der Waals surface area contributed by atoms with E-state index in [-0.39, 0.29) is 12.0 Å². The van der Waals surface area contributed by atoms with Crippen LogP contribution in [-0.4, -0.2) is 44.8 Å². The number of carbonyl (C=O) groups is 1. The van der Waals surface area contributed by atoms with Gasteiger partial charge in [-0.1, -0.05) is 0 Å². The molecule has 1 aromatic carbocycles. The molecule has 0 radical (unpaired) electrons. The first-order chi connectivity index (χ1) is 13.2. The highest BCUT2D eigenvalue weighted by atomic mass is 16.5. The molecular formula is C21H22N4O2. The fraction of sp³-hybridized carbons (Fsp3) is 0.286. The van der Waals surface area contributed by atoms with Crippen LogP contribution in [0.2, 0.25) is 0 Å². The molecule has 6 heteroatoms. The van der Waals surface area contributed by atoms with E-state index in [2.05, 4.69) is 10.2 Å². The van der Waals surface area contributed by atoms with Crippen molar-refractivity contribution in [2.45, 2.75) is 25.9 Å². The third kappa shape index (κ3) is 4.00. The Labute approximate surface area is 158 Å². The van der Waals surface area contributed by atoms with Crippen molar-refractivity contribution in [1.82, 2.24) is 19.7 Å². The molecule has 1 fully saturated rings. The molecule has 0 saturated carbocycles. The third-order valence-corrected chi connectivity index (χ3v) is 4.74. The number of likely N-dealkylation sites (tertiary alicyclic amines) is 1. The maximum absolute atomic E-state index is 12.9. The summed E-state index contributed by atoms with van der Waals surface area (Å²) in [6.45, 7) is 3.20. The lowest BCUT2D eigenvalue weighted by Crippen LogP contribution is -2.44. The van der Waals surface area contributed by atoms with Gasteiger partial charge in [-0.25, -0.2) is 0 Å². The smallest absolute Gasteiger partial charge is 0.253 e. The maximum Gasteiger partial charge on any atom is 0.253 e. The summed E-state index contributed by atoms with van der Waals surface area (Å²) < 4.78 is 7.94. The summed E-state index contributed by atoms with van der Waals surface area (Å²) in [7, 11) is 0. The molecule has 1 atom stereocenters. The van der Waals surface area contributed by atoms with Gasteiger partial charge in [0.05, 0.1) is 12.2 Å². The Bertz CT molecular complexity index is 889. The molecule has 6 nitrogen and oxygen atoms in total. The largest absolute Gasteiger partial charge is 0.471 e. The van der Waals surface area contributed by atoms with Gasteiger partial charge in [-0.3, -0.25) is 4.79 Å². The molecule has 0 N–H and O–H groups in total. The minimum Gasteiger partial charge on any atom is -0.471 e. The number of benzene rings is 1. The number of hydrogen-bond acceptors (Lipinski definition) is 4. The van der Waals surface area contributed by atoms with Crippen LogP contribution in [-0.2, 0) is 0 Å². The number of aryl methyl sites for hydroxylation is 1. The number of rotatable bonds is 4. The Morgan fingerprint density at radius 2 is 1.85 bits per heavy atom. The normalized spacial score (nSPS) is 16.9. The number of aromatic nitrogens is 3. The predicted octanol–water partition coefficient (Wildman–Crippen LogP) is 3.26. The van der Waals surface area contributed by atoms with Crippen LogP contribution in [0.1, 0.15) is 28.9 Å². The van der Waals surface area contributed by atoms with E-state index in [9.17, 15) is 4.79 Å². The number of ether oxygens (including phenoxy) is 1. The summed E-state index contributed by atoms with van der Waals surface area (Å²) in [6, 6.07) is 15.3. The zero-order valence-corrected chi connectivity index (χ0v) is 15.3. The van der Waals surface area contributed by atoms with Gasteiger partial charge in [-0.15, -0.1) is 5.10 Å². The molecule has 0 bridgehead atoms. The summed E-state index contributed by atoms with van der Waals surface area (Å²) in [5.41, 5.74) is 2.59. The van der Waals surface area contributed by atoms with Crippen LogP contribution in [0.4, 0.5) is 0 Å². The van der Waals surface area contributed by atoms with Gasteiger partial charge in [-0.2, -0.15) is 5.10 Å². The van der Waals surface area contributed by atoms with Crippen LogP contribution < -0.4 is 4.74 Å².